The highest BCUT2D eigenvalue weighted by atomic mass is 19.1. The number of anilines is 1. The van der Waals surface area contributed by atoms with Crippen LogP contribution in [-0.2, 0) is 6.54 Å². The summed E-state index contributed by atoms with van der Waals surface area (Å²) in [5.41, 5.74) is 5.90. The van der Waals surface area contributed by atoms with Crippen molar-refractivity contribution in [2.75, 3.05) is 5.32 Å². The summed E-state index contributed by atoms with van der Waals surface area (Å²) in [6.07, 6.45) is 0. The molecule has 7 heteroatoms. The van der Waals surface area contributed by atoms with Crippen molar-refractivity contribution in [3.8, 4) is 0 Å². The second kappa shape index (κ2) is 6.66. The number of amides is 3. The highest BCUT2D eigenvalue weighted by Crippen LogP contribution is 2.16. The normalized spacial score (nSPS) is 10.1. The third kappa shape index (κ3) is 4.02. The fourth-order valence-electron chi connectivity index (χ4n) is 1.75. The average molecular weight is 305 g/mol. The number of carbonyl (C=O) groups is 2. The van der Waals surface area contributed by atoms with E-state index in [1.807, 2.05) is 0 Å². The summed E-state index contributed by atoms with van der Waals surface area (Å²) in [6.45, 7) is 0.240. The predicted molar refractivity (Wildman–Crippen MR) is 77.2 cm³/mol. The van der Waals surface area contributed by atoms with Crippen LogP contribution in [0.5, 0.6) is 0 Å². The molecule has 2 aromatic rings. The molecule has 0 aliphatic carbocycles. The fourth-order valence-corrected chi connectivity index (χ4v) is 1.75. The number of nitrogens with two attached hydrogens (primary N) is 1. The molecule has 0 saturated carbocycles. The van der Waals surface area contributed by atoms with Gasteiger partial charge in [-0.15, -0.1) is 0 Å². The van der Waals surface area contributed by atoms with Gasteiger partial charge in [-0.05, 0) is 29.8 Å². The van der Waals surface area contributed by atoms with Gasteiger partial charge in [0, 0.05) is 18.2 Å². The number of rotatable bonds is 4. The van der Waals surface area contributed by atoms with Gasteiger partial charge in [-0.3, -0.25) is 4.79 Å². The summed E-state index contributed by atoms with van der Waals surface area (Å²) < 4.78 is 26.3. The van der Waals surface area contributed by atoms with Crippen LogP contribution >= 0.6 is 0 Å². The quantitative estimate of drug-likeness (QED) is 0.810. The Labute approximate surface area is 125 Å². The lowest BCUT2D eigenvalue weighted by atomic mass is 10.1. The summed E-state index contributed by atoms with van der Waals surface area (Å²) in [7, 11) is 0. The van der Waals surface area contributed by atoms with Crippen LogP contribution in [0.2, 0.25) is 0 Å². The number of carbonyl (C=O) groups excluding carboxylic acids is 2. The second-order valence-corrected chi connectivity index (χ2v) is 4.49. The van der Waals surface area contributed by atoms with E-state index in [0.29, 0.717) is 11.6 Å². The number of benzene rings is 2. The Bertz CT molecular complexity index is 702. The van der Waals surface area contributed by atoms with E-state index < -0.39 is 23.6 Å². The molecular weight excluding hydrogens is 292 g/mol. The Balaban J connectivity index is 2.04. The zero-order valence-corrected chi connectivity index (χ0v) is 11.4. The monoisotopic (exact) mass is 305 g/mol. The van der Waals surface area contributed by atoms with E-state index in [0.717, 1.165) is 17.7 Å². The maximum Gasteiger partial charge on any atom is 0.312 e. The van der Waals surface area contributed by atoms with Crippen molar-refractivity contribution in [1.29, 1.82) is 0 Å². The maximum atomic E-state index is 13.5. The molecule has 5 nitrogen and oxygen atoms in total. The minimum atomic E-state index is -0.851. The molecule has 22 heavy (non-hydrogen) atoms. The number of hydrogen-bond acceptors (Lipinski definition) is 2. The predicted octanol–water partition coefficient (Wildman–Crippen LogP) is 2.39. The lowest BCUT2D eigenvalue weighted by molar-refractivity contribution is 0.102. The SMILES string of the molecule is NC(=O)NCc1ccc(C(=O)Nc2ccc(F)cc2F)cc1. The molecule has 0 bridgehead atoms. The van der Waals surface area contributed by atoms with Crippen molar-refractivity contribution in [3.05, 3.63) is 65.2 Å². The molecule has 2 rings (SSSR count). The summed E-state index contributed by atoms with van der Waals surface area (Å²) in [6, 6.07) is 8.55. The molecule has 114 valence electrons. The van der Waals surface area contributed by atoms with Crippen molar-refractivity contribution in [3.63, 3.8) is 0 Å². The molecule has 2 aromatic carbocycles. The average Bonchev–Trinajstić information content (AvgIpc) is 2.48. The largest absolute Gasteiger partial charge is 0.352 e. The lowest BCUT2D eigenvalue weighted by Crippen LogP contribution is -2.28. The number of urea groups is 1. The Kier molecular flexibility index (Phi) is 4.67. The van der Waals surface area contributed by atoms with E-state index in [9.17, 15) is 18.4 Å². The molecule has 0 aliphatic heterocycles. The highest BCUT2D eigenvalue weighted by molar-refractivity contribution is 6.04. The van der Waals surface area contributed by atoms with E-state index in [4.69, 9.17) is 5.73 Å². The van der Waals surface area contributed by atoms with Crippen molar-refractivity contribution < 1.29 is 18.4 Å². The van der Waals surface area contributed by atoms with Gasteiger partial charge < -0.3 is 16.4 Å². The van der Waals surface area contributed by atoms with E-state index in [1.54, 1.807) is 12.1 Å². The molecule has 3 amide bonds. The van der Waals surface area contributed by atoms with E-state index in [1.165, 1.54) is 12.1 Å². The minimum Gasteiger partial charge on any atom is -0.352 e. The van der Waals surface area contributed by atoms with Gasteiger partial charge in [-0.1, -0.05) is 12.1 Å². The number of primary amides is 1. The Morgan fingerprint density at radius 1 is 1.05 bits per heavy atom. The van der Waals surface area contributed by atoms with Crippen molar-refractivity contribution in [1.82, 2.24) is 5.32 Å². The second-order valence-electron chi connectivity index (χ2n) is 4.49. The molecule has 0 saturated heterocycles. The first-order chi connectivity index (χ1) is 10.5. The van der Waals surface area contributed by atoms with Crippen LogP contribution in [0.25, 0.3) is 0 Å². The third-order valence-corrected chi connectivity index (χ3v) is 2.86. The summed E-state index contributed by atoms with van der Waals surface area (Å²) in [5.74, 6) is -2.10. The van der Waals surface area contributed by atoms with Crippen molar-refractivity contribution in [2.24, 2.45) is 5.73 Å². The fraction of sp³-hybridized carbons (Fsp3) is 0.0667. The first-order valence-corrected chi connectivity index (χ1v) is 6.34. The number of halogens is 2. The molecule has 0 spiro atoms. The zero-order valence-electron chi connectivity index (χ0n) is 11.4. The Hall–Kier alpha value is -2.96. The zero-order chi connectivity index (χ0) is 16.1. The van der Waals surface area contributed by atoms with Crippen LogP contribution in [0.3, 0.4) is 0 Å². The Morgan fingerprint density at radius 3 is 2.32 bits per heavy atom. The van der Waals surface area contributed by atoms with E-state index in [-0.39, 0.29) is 12.2 Å². The molecular formula is C15H13F2N3O2. The number of nitrogens with one attached hydrogen (secondary N) is 2. The molecule has 0 unspecified atom stereocenters. The molecule has 0 fully saturated rings. The van der Waals surface area contributed by atoms with Gasteiger partial charge in [0.1, 0.15) is 11.6 Å². The first kappa shape index (κ1) is 15.4. The molecule has 0 radical (unpaired) electrons. The lowest BCUT2D eigenvalue weighted by Gasteiger charge is -2.07. The van der Waals surface area contributed by atoms with Crippen LogP contribution in [0, 0.1) is 11.6 Å². The summed E-state index contributed by atoms with van der Waals surface area (Å²) in [5, 5.41) is 4.77. The Morgan fingerprint density at radius 2 is 1.73 bits per heavy atom. The standard InChI is InChI=1S/C15H13F2N3O2/c16-11-5-6-13(12(17)7-11)20-14(21)10-3-1-9(2-4-10)8-19-15(18)22/h1-7H,8H2,(H,20,21)(H3,18,19,22). The minimum absolute atomic E-state index is 0.106. The van der Waals surface area contributed by atoms with Crippen LogP contribution in [0.4, 0.5) is 19.3 Å². The topological polar surface area (TPSA) is 84.2 Å². The van der Waals surface area contributed by atoms with Crippen molar-refractivity contribution in [2.45, 2.75) is 6.54 Å². The van der Waals surface area contributed by atoms with Crippen molar-refractivity contribution >= 4 is 17.6 Å². The van der Waals surface area contributed by atoms with Gasteiger partial charge in [0.2, 0.25) is 0 Å². The smallest absolute Gasteiger partial charge is 0.312 e. The third-order valence-electron chi connectivity index (χ3n) is 2.86. The van der Waals surface area contributed by atoms with Gasteiger partial charge in [-0.25, -0.2) is 13.6 Å². The summed E-state index contributed by atoms with van der Waals surface area (Å²) in [4.78, 5) is 22.6. The molecule has 0 heterocycles. The maximum absolute atomic E-state index is 13.5. The van der Waals surface area contributed by atoms with Gasteiger partial charge in [0.15, 0.2) is 0 Å². The molecule has 0 atom stereocenters. The van der Waals surface area contributed by atoms with Gasteiger partial charge >= 0.3 is 6.03 Å². The van der Waals surface area contributed by atoms with Crippen LogP contribution in [0.1, 0.15) is 15.9 Å². The molecule has 0 aliphatic rings. The highest BCUT2D eigenvalue weighted by Gasteiger charge is 2.10. The van der Waals surface area contributed by atoms with Crippen LogP contribution < -0.4 is 16.4 Å². The molecule has 4 N–H and O–H groups in total. The van der Waals surface area contributed by atoms with E-state index >= 15 is 0 Å². The van der Waals surface area contributed by atoms with Gasteiger partial charge in [0.25, 0.3) is 5.91 Å². The van der Waals surface area contributed by atoms with Crippen LogP contribution in [0.15, 0.2) is 42.5 Å². The van der Waals surface area contributed by atoms with Gasteiger partial charge in [-0.2, -0.15) is 0 Å². The summed E-state index contributed by atoms with van der Waals surface area (Å²) >= 11 is 0. The van der Waals surface area contributed by atoms with E-state index in [2.05, 4.69) is 10.6 Å². The van der Waals surface area contributed by atoms with Gasteiger partial charge in [0.05, 0.1) is 5.69 Å². The van der Waals surface area contributed by atoms with Crippen LogP contribution in [-0.4, -0.2) is 11.9 Å². The first-order valence-electron chi connectivity index (χ1n) is 6.34. The number of hydrogen-bond donors (Lipinski definition) is 3. The molecule has 0 aromatic heterocycles.